The standard InChI is InChI=1S/C37H31FN6O6/c1-19-30(23-7-8-24(32(23)39-19)31-26-18-21(38)5-9-27(26)40-34(31)47)37(50)43-15-13-42(14-16-43)12-2-3-20-4-6-22-25(17-20)36(49)44(35(22)48)28-10-11-29(45)41-33(28)46/h4-6,9,17-18,28,39H,7-8,10-16H2,1H3,(H,40,47)(H,41,45,46)/b31-24-. The summed E-state index contributed by atoms with van der Waals surface area (Å²) in [6, 6.07) is 7.98. The lowest BCUT2D eigenvalue weighted by Crippen LogP contribution is -2.54. The lowest BCUT2D eigenvalue weighted by molar-refractivity contribution is -0.136. The van der Waals surface area contributed by atoms with Gasteiger partial charge in [0, 0.05) is 60.8 Å². The highest BCUT2D eigenvalue weighted by Gasteiger charge is 2.44. The number of carbonyl (C=O) groups is 6. The Morgan fingerprint density at radius 3 is 2.46 bits per heavy atom. The van der Waals surface area contributed by atoms with Gasteiger partial charge < -0.3 is 15.2 Å². The average molecular weight is 675 g/mol. The van der Waals surface area contributed by atoms with Crippen molar-refractivity contribution in [2.45, 2.75) is 38.6 Å². The number of halogens is 1. The van der Waals surface area contributed by atoms with Gasteiger partial charge in [0.15, 0.2) is 0 Å². The van der Waals surface area contributed by atoms with Gasteiger partial charge in [0.05, 0.1) is 28.8 Å². The number of nitrogens with zero attached hydrogens (tertiary/aromatic N) is 3. The van der Waals surface area contributed by atoms with Crippen LogP contribution >= 0.6 is 0 Å². The Hall–Kier alpha value is -5.87. The fourth-order valence-corrected chi connectivity index (χ4v) is 7.61. The first-order chi connectivity index (χ1) is 24.1. The van der Waals surface area contributed by atoms with Gasteiger partial charge in [-0.05, 0) is 73.7 Å². The molecule has 2 fully saturated rings. The Morgan fingerprint density at radius 1 is 0.900 bits per heavy atom. The van der Waals surface area contributed by atoms with Crippen LogP contribution in [0.3, 0.4) is 0 Å². The number of carbonyl (C=O) groups excluding carboxylic acids is 6. The van der Waals surface area contributed by atoms with E-state index >= 15 is 0 Å². The molecule has 6 amide bonds. The monoisotopic (exact) mass is 674 g/mol. The maximum absolute atomic E-state index is 14.1. The molecule has 2 aromatic carbocycles. The van der Waals surface area contributed by atoms with E-state index in [9.17, 15) is 33.2 Å². The summed E-state index contributed by atoms with van der Waals surface area (Å²) in [5, 5.41) is 5.01. The molecule has 0 bridgehead atoms. The number of hydrogen-bond acceptors (Lipinski definition) is 7. The Morgan fingerprint density at radius 2 is 1.68 bits per heavy atom. The predicted octanol–water partition coefficient (Wildman–Crippen LogP) is 2.48. The first kappa shape index (κ1) is 31.4. The molecule has 13 heteroatoms. The van der Waals surface area contributed by atoms with Crippen LogP contribution in [0.5, 0.6) is 0 Å². The quantitative estimate of drug-likeness (QED) is 0.219. The summed E-state index contributed by atoms with van der Waals surface area (Å²) >= 11 is 0. The summed E-state index contributed by atoms with van der Waals surface area (Å²) in [7, 11) is 0. The molecule has 4 aliphatic heterocycles. The van der Waals surface area contributed by atoms with Crippen LogP contribution in [-0.2, 0) is 20.8 Å². The van der Waals surface area contributed by atoms with Crippen LogP contribution in [0.25, 0.3) is 11.1 Å². The van der Waals surface area contributed by atoms with E-state index in [2.05, 4.69) is 32.4 Å². The summed E-state index contributed by atoms with van der Waals surface area (Å²) in [6.07, 6.45) is 1.31. The van der Waals surface area contributed by atoms with E-state index in [1.165, 1.54) is 18.2 Å². The van der Waals surface area contributed by atoms with Gasteiger partial charge in [-0.1, -0.05) is 11.8 Å². The molecule has 1 aliphatic carbocycles. The Balaban J connectivity index is 0.913. The van der Waals surface area contributed by atoms with E-state index in [1.807, 2.05) is 11.8 Å². The zero-order chi connectivity index (χ0) is 34.8. The minimum absolute atomic E-state index is 0.0527. The third-order valence-corrected chi connectivity index (χ3v) is 10.1. The number of fused-ring (bicyclic) bond motifs is 3. The van der Waals surface area contributed by atoms with E-state index in [-0.39, 0.29) is 35.8 Å². The Kier molecular flexibility index (Phi) is 7.49. The molecule has 3 aromatic rings. The summed E-state index contributed by atoms with van der Waals surface area (Å²) in [5.41, 5.74) is 6.30. The van der Waals surface area contributed by atoms with Crippen LogP contribution in [0.15, 0.2) is 36.4 Å². The van der Waals surface area contributed by atoms with Gasteiger partial charge >= 0.3 is 0 Å². The number of aromatic nitrogens is 1. The van der Waals surface area contributed by atoms with Crippen LogP contribution in [0.4, 0.5) is 10.1 Å². The lowest BCUT2D eigenvalue weighted by Gasteiger charge is -2.34. The smallest absolute Gasteiger partial charge is 0.262 e. The zero-order valence-electron chi connectivity index (χ0n) is 27.1. The van der Waals surface area contributed by atoms with Gasteiger partial charge in [-0.15, -0.1) is 0 Å². The number of amides is 6. The Labute approximate surface area is 285 Å². The number of piperidine rings is 1. The number of nitrogens with one attached hydrogen (secondary N) is 3. The van der Waals surface area contributed by atoms with Crippen LogP contribution in [-0.4, -0.2) is 93.9 Å². The maximum atomic E-state index is 14.1. The van der Waals surface area contributed by atoms with Crippen molar-refractivity contribution >= 4 is 52.3 Å². The minimum atomic E-state index is -1.03. The molecule has 2 saturated heterocycles. The van der Waals surface area contributed by atoms with Gasteiger partial charge in [-0.25, -0.2) is 4.39 Å². The van der Waals surface area contributed by atoms with Crippen LogP contribution < -0.4 is 10.6 Å². The number of rotatable bonds is 3. The summed E-state index contributed by atoms with van der Waals surface area (Å²) in [4.78, 5) is 84.9. The average Bonchev–Trinajstić information content (AvgIpc) is 3.80. The van der Waals surface area contributed by atoms with Crippen molar-refractivity contribution in [1.29, 1.82) is 0 Å². The molecular formula is C37H31FN6O6. The predicted molar refractivity (Wildman–Crippen MR) is 178 cm³/mol. The van der Waals surface area contributed by atoms with Crippen molar-refractivity contribution < 1.29 is 33.2 Å². The fourth-order valence-electron chi connectivity index (χ4n) is 7.61. The van der Waals surface area contributed by atoms with Crippen molar-refractivity contribution in [1.82, 2.24) is 25.0 Å². The molecule has 0 saturated carbocycles. The third kappa shape index (κ3) is 5.11. The van der Waals surface area contributed by atoms with E-state index in [0.29, 0.717) is 73.5 Å². The Bertz CT molecular complexity index is 2180. The second-order valence-corrected chi connectivity index (χ2v) is 13.1. The topological polar surface area (TPSA) is 152 Å². The number of hydrogen-bond donors (Lipinski definition) is 3. The molecule has 252 valence electrons. The number of benzene rings is 2. The van der Waals surface area contributed by atoms with E-state index in [4.69, 9.17) is 0 Å². The molecule has 3 N–H and O–H groups in total. The molecule has 0 spiro atoms. The van der Waals surface area contributed by atoms with Gasteiger partial charge in [0.1, 0.15) is 11.9 Å². The second kappa shape index (κ2) is 11.9. The fraction of sp³-hybridized carbons (Fsp3) is 0.297. The maximum Gasteiger partial charge on any atom is 0.262 e. The largest absolute Gasteiger partial charge is 0.358 e. The number of allylic oxidation sites excluding steroid dienone is 1. The van der Waals surface area contributed by atoms with Gasteiger partial charge in [-0.3, -0.25) is 43.9 Å². The third-order valence-electron chi connectivity index (χ3n) is 10.1. The molecule has 1 aromatic heterocycles. The van der Waals surface area contributed by atoms with Crippen LogP contribution in [0, 0.1) is 24.6 Å². The number of aryl methyl sites for hydroxylation is 1. The summed E-state index contributed by atoms with van der Waals surface area (Å²) in [5.74, 6) is 3.21. The first-order valence-corrected chi connectivity index (χ1v) is 16.5. The summed E-state index contributed by atoms with van der Waals surface area (Å²) in [6.45, 7) is 4.54. The van der Waals surface area contributed by atoms with E-state index in [0.717, 1.165) is 27.4 Å². The number of anilines is 1. The summed E-state index contributed by atoms with van der Waals surface area (Å²) < 4.78 is 14.1. The molecule has 5 aliphatic rings. The molecule has 0 radical (unpaired) electrons. The van der Waals surface area contributed by atoms with E-state index < -0.39 is 35.5 Å². The normalized spacial score (nSPS) is 21.5. The van der Waals surface area contributed by atoms with Crippen LogP contribution in [0.2, 0.25) is 0 Å². The van der Waals surface area contributed by atoms with Gasteiger partial charge in [0.25, 0.3) is 23.6 Å². The highest BCUT2D eigenvalue weighted by atomic mass is 19.1. The molecular weight excluding hydrogens is 643 g/mol. The molecule has 5 heterocycles. The van der Waals surface area contributed by atoms with Crippen molar-refractivity contribution in [2.75, 3.05) is 38.0 Å². The first-order valence-electron chi connectivity index (χ1n) is 16.5. The molecule has 50 heavy (non-hydrogen) atoms. The highest BCUT2D eigenvalue weighted by molar-refractivity contribution is 6.37. The zero-order valence-corrected chi connectivity index (χ0v) is 27.1. The van der Waals surface area contributed by atoms with Crippen molar-refractivity contribution in [3.05, 3.63) is 87.0 Å². The number of H-pyrrole nitrogens is 1. The van der Waals surface area contributed by atoms with Crippen molar-refractivity contribution in [3.8, 4) is 11.8 Å². The van der Waals surface area contributed by atoms with E-state index in [1.54, 1.807) is 18.2 Å². The number of imide groups is 2. The molecule has 8 rings (SSSR count). The van der Waals surface area contributed by atoms with Crippen LogP contribution in [0.1, 0.15) is 78.4 Å². The van der Waals surface area contributed by atoms with Gasteiger partial charge in [0.2, 0.25) is 11.8 Å². The highest BCUT2D eigenvalue weighted by Crippen LogP contribution is 2.44. The van der Waals surface area contributed by atoms with Crippen molar-refractivity contribution in [3.63, 3.8) is 0 Å². The minimum Gasteiger partial charge on any atom is -0.358 e. The molecule has 1 atom stereocenters. The number of piperazine rings is 1. The SMILES string of the molecule is Cc1[nH]c2c(c1C(=O)N1CCN(CC#Cc3ccc4c(c3)C(=O)N(C3CCC(=O)NC3=O)C4=O)CC1)CC/C2=C1/C(=O)Nc2ccc(F)cc21. The molecule has 1 unspecified atom stereocenters. The van der Waals surface area contributed by atoms with Crippen molar-refractivity contribution in [2.24, 2.45) is 0 Å². The van der Waals surface area contributed by atoms with Gasteiger partial charge in [-0.2, -0.15) is 0 Å². The number of aromatic amines is 1. The molecule has 12 nitrogen and oxygen atoms in total. The lowest BCUT2D eigenvalue weighted by atomic mass is 9.99. The second-order valence-electron chi connectivity index (χ2n) is 13.1.